The van der Waals surface area contributed by atoms with E-state index in [1.807, 2.05) is 0 Å². The monoisotopic (exact) mass is 336 g/mol. The number of ether oxygens (including phenoxy) is 1. The van der Waals surface area contributed by atoms with Crippen LogP contribution in [0.3, 0.4) is 0 Å². The molecule has 1 aliphatic rings. The van der Waals surface area contributed by atoms with Crippen LogP contribution in [0.5, 0.6) is 11.5 Å². The van der Waals surface area contributed by atoms with Gasteiger partial charge in [-0.25, -0.2) is 13.8 Å². The molecule has 0 aliphatic heterocycles. The summed E-state index contributed by atoms with van der Waals surface area (Å²) >= 11 is 0. The molecule has 128 valence electrons. The van der Waals surface area contributed by atoms with Gasteiger partial charge in [-0.3, -0.25) is 0 Å². The van der Waals surface area contributed by atoms with Gasteiger partial charge in [-0.05, 0) is 37.8 Å². The summed E-state index contributed by atoms with van der Waals surface area (Å²) in [5.41, 5.74) is 5.62. The number of aliphatic hydroxyl groups is 1. The molecule has 1 aromatic carbocycles. The lowest BCUT2D eigenvalue weighted by Gasteiger charge is -2.27. The zero-order valence-electron chi connectivity index (χ0n) is 12.9. The van der Waals surface area contributed by atoms with Gasteiger partial charge in [0.25, 0.3) is 0 Å². The van der Waals surface area contributed by atoms with Crippen LogP contribution in [0.2, 0.25) is 0 Å². The predicted molar refractivity (Wildman–Crippen MR) is 84.8 cm³/mol. The first-order chi connectivity index (χ1) is 11.5. The van der Waals surface area contributed by atoms with E-state index in [0.717, 1.165) is 25.0 Å². The summed E-state index contributed by atoms with van der Waals surface area (Å²) < 4.78 is 32.2. The second-order valence-corrected chi connectivity index (χ2v) is 5.77. The highest BCUT2D eigenvalue weighted by atomic mass is 19.1. The molecule has 2 aromatic rings. The third-order valence-corrected chi connectivity index (χ3v) is 3.93. The minimum absolute atomic E-state index is 0.0558. The van der Waals surface area contributed by atoms with E-state index in [9.17, 15) is 13.9 Å². The minimum atomic E-state index is -0.821. The summed E-state index contributed by atoms with van der Waals surface area (Å²) in [6.07, 6.45) is 4.00. The Morgan fingerprint density at radius 2 is 1.92 bits per heavy atom. The third-order valence-electron chi connectivity index (χ3n) is 3.93. The number of hydrogen-bond acceptors (Lipinski definition) is 6. The van der Waals surface area contributed by atoms with Crippen molar-refractivity contribution in [3.8, 4) is 11.5 Å². The fourth-order valence-corrected chi connectivity index (χ4v) is 2.65. The molecule has 0 spiro atoms. The van der Waals surface area contributed by atoms with Crippen LogP contribution in [-0.2, 0) is 0 Å². The largest absolute Gasteiger partial charge is 0.449 e. The molecule has 1 saturated carbocycles. The Hall–Kier alpha value is -2.48. The topological polar surface area (TPSA) is 93.3 Å². The van der Waals surface area contributed by atoms with E-state index < -0.39 is 11.6 Å². The van der Waals surface area contributed by atoms with E-state index in [2.05, 4.69) is 15.3 Å². The van der Waals surface area contributed by atoms with Gasteiger partial charge in [0.15, 0.2) is 23.1 Å². The highest BCUT2D eigenvalue weighted by Gasteiger charge is 2.21. The number of nitrogens with one attached hydrogen (secondary N) is 1. The fraction of sp³-hybridized carbons (Fsp3) is 0.375. The number of aliphatic hydroxyl groups excluding tert-OH is 1. The number of halogens is 2. The third kappa shape index (κ3) is 3.88. The van der Waals surface area contributed by atoms with Crippen molar-refractivity contribution in [1.82, 2.24) is 9.97 Å². The molecule has 1 heterocycles. The van der Waals surface area contributed by atoms with E-state index in [-0.39, 0.29) is 29.6 Å². The number of nitrogens with zero attached hydrogens (tertiary/aromatic N) is 2. The lowest BCUT2D eigenvalue weighted by molar-refractivity contribution is 0.126. The van der Waals surface area contributed by atoms with Gasteiger partial charge >= 0.3 is 0 Å². The van der Waals surface area contributed by atoms with Gasteiger partial charge in [-0.2, -0.15) is 4.98 Å². The quantitative estimate of drug-likeness (QED) is 0.795. The summed E-state index contributed by atoms with van der Waals surface area (Å²) in [5.74, 6) is -1.05. The smallest absolute Gasteiger partial charge is 0.222 e. The highest BCUT2D eigenvalue weighted by molar-refractivity contribution is 5.53. The summed E-state index contributed by atoms with van der Waals surface area (Å²) in [5, 5.41) is 12.8. The molecule has 4 N–H and O–H groups in total. The first-order valence-corrected chi connectivity index (χ1v) is 7.71. The zero-order valence-corrected chi connectivity index (χ0v) is 12.9. The molecule has 0 unspecified atom stereocenters. The maximum atomic E-state index is 13.8. The average molecular weight is 336 g/mol. The van der Waals surface area contributed by atoms with Crippen molar-refractivity contribution in [2.75, 3.05) is 11.1 Å². The average Bonchev–Trinajstić information content (AvgIpc) is 2.54. The number of anilines is 2. The van der Waals surface area contributed by atoms with E-state index in [1.165, 1.54) is 12.3 Å². The van der Waals surface area contributed by atoms with Crippen LogP contribution in [0.1, 0.15) is 25.7 Å². The van der Waals surface area contributed by atoms with E-state index >= 15 is 0 Å². The predicted octanol–water partition coefficient (Wildman–Crippen LogP) is 2.84. The summed E-state index contributed by atoms with van der Waals surface area (Å²) in [4.78, 5) is 7.95. The Labute approximate surface area is 137 Å². The Kier molecular flexibility index (Phi) is 4.75. The molecule has 1 aromatic heterocycles. The first kappa shape index (κ1) is 16.4. The SMILES string of the molecule is Nc1ncc(Oc2ccc(F)cc2F)c(NC2CCC(O)CC2)n1. The molecule has 0 atom stereocenters. The lowest BCUT2D eigenvalue weighted by atomic mass is 9.93. The van der Waals surface area contributed by atoms with Gasteiger partial charge < -0.3 is 20.9 Å². The molecule has 24 heavy (non-hydrogen) atoms. The van der Waals surface area contributed by atoms with Gasteiger partial charge in [0.2, 0.25) is 5.95 Å². The number of aromatic nitrogens is 2. The Bertz CT molecular complexity index is 721. The standard InChI is InChI=1S/C16H18F2N4O2/c17-9-1-6-13(12(18)7-9)24-14-8-20-16(19)22-15(14)21-10-2-4-11(23)5-3-10/h1,6-8,10-11,23H,2-5H2,(H3,19,20,21,22). The summed E-state index contributed by atoms with van der Waals surface area (Å²) in [7, 11) is 0. The van der Waals surface area contributed by atoms with Crippen molar-refractivity contribution < 1.29 is 18.6 Å². The van der Waals surface area contributed by atoms with Gasteiger partial charge in [0.1, 0.15) is 5.82 Å². The first-order valence-electron chi connectivity index (χ1n) is 7.71. The minimum Gasteiger partial charge on any atom is -0.449 e. The zero-order chi connectivity index (χ0) is 17.1. The van der Waals surface area contributed by atoms with E-state index in [1.54, 1.807) is 0 Å². The van der Waals surface area contributed by atoms with Gasteiger partial charge in [-0.1, -0.05) is 0 Å². The number of rotatable bonds is 4. The molecule has 6 nitrogen and oxygen atoms in total. The van der Waals surface area contributed by atoms with E-state index in [0.29, 0.717) is 18.7 Å². The number of nitrogen functional groups attached to an aromatic ring is 1. The van der Waals surface area contributed by atoms with Crippen LogP contribution >= 0.6 is 0 Å². The Morgan fingerprint density at radius 3 is 2.62 bits per heavy atom. The molecular weight excluding hydrogens is 318 g/mol. The Morgan fingerprint density at radius 1 is 1.17 bits per heavy atom. The molecule has 0 saturated heterocycles. The molecule has 8 heteroatoms. The number of nitrogens with two attached hydrogens (primary N) is 1. The molecule has 0 amide bonds. The molecule has 1 fully saturated rings. The maximum Gasteiger partial charge on any atom is 0.222 e. The molecule has 3 rings (SSSR count). The highest BCUT2D eigenvalue weighted by Crippen LogP contribution is 2.31. The molecule has 1 aliphatic carbocycles. The van der Waals surface area contributed by atoms with Crippen LogP contribution < -0.4 is 15.8 Å². The van der Waals surface area contributed by atoms with Crippen LogP contribution in [0.4, 0.5) is 20.5 Å². The molecule has 0 radical (unpaired) electrons. The van der Waals surface area contributed by atoms with Gasteiger partial charge in [0.05, 0.1) is 12.3 Å². The summed E-state index contributed by atoms with van der Waals surface area (Å²) in [6.45, 7) is 0. The lowest BCUT2D eigenvalue weighted by Crippen LogP contribution is -2.28. The van der Waals surface area contributed by atoms with Gasteiger partial charge in [0, 0.05) is 12.1 Å². The maximum absolute atomic E-state index is 13.8. The fourth-order valence-electron chi connectivity index (χ4n) is 2.65. The van der Waals surface area contributed by atoms with Crippen molar-refractivity contribution in [2.45, 2.75) is 37.8 Å². The van der Waals surface area contributed by atoms with Crippen LogP contribution in [0.25, 0.3) is 0 Å². The van der Waals surface area contributed by atoms with E-state index in [4.69, 9.17) is 10.5 Å². The van der Waals surface area contributed by atoms with Crippen molar-refractivity contribution in [2.24, 2.45) is 0 Å². The van der Waals surface area contributed by atoms with Crippen LogP contribution in [-0.4, -0.2) is 27.2 Å². The second kappa shape index (κ2) is 6.96. The van der Waals surface area contributed by atoms with Crippen molar-refractivity contribution in [3.05, 3.63) is 36.0 Å². The van der Waals surface area contributed by atoms with Crippen molar-refractivity contribution in [3.63, 3.8) is 0 Å². The normalized spacial score (nSPS) is 20.6. The van der Waals surface area contributed by atoms with Crippen LogP contribution in [0.15, 0.2) is 24.4 Å². The number of benzene rings is 1. The summed E-state index contributed by atoms with van der Waals surface area (Å²) in [6, 6.07) is 3.14. The molecular formula is C16H18F2N4O2. The van der Waals surface area contributed by atoms with Crippen molar-refractivity contribution >= 4 is 11.8 Å². The van der Waals surface area contributed by atoms with Crippen molar-refractivity contribution in [1.29, 1.82) is 0 Å². The second-order valence-electron chi connectivity index (χ2n) is 5.77. The Balaban J connectivity index is 1.80. The molecule has 0 bridgehead atoms. The van der Waals surface area contributed by atoms with Crippen LogP contribution in [0, 0.1) is 11.6 Å². The number of hydrogen-bond donors (Lipinski definition) is 3. The van der Waals surface area contributed by atoms with Gasteiger partial charge in [-0.15, -0.1) is 0 Å².